The van der Waals surface area contributed by atoms with Crippen LogP contribution in [0.25, 0.3) is 0 Å². The Labute approximate surface area is 112 Å². The monoisotopic (exact) mass is 292 g/mol. The normalized spacial score (nSPS) is 19.5. The molecule has 1 aromatic rings. The highest BCUT2D eigenvalue weighted by atomic mass is 79.9. The highest BCUT2D eigenvalue weighted by Gasteiger charge is 2.23. The van der Waals surface area contributed by atoms with Crippen LogP contribution in [0.5, 0.6) is 0 Å². The second kappa shape index (κ2) is 4.79. The van der Waals surface area contributed by atoms with Gasteiger partial charge in [-0.25, -0.2) is 0 Å². The zero-order chi connectivity index (χ0) is 12.5. The zero-order valence-electron chi connectivity index (χ0n) is 10.7. The number of likely N-dealkylation sites (N-methyl/N-ethyl adjacent to an activating group) is 1. The van der Waals surface area contributed by atoms with Crippen LogP contribution in [0.4, 0.5) is 0 Å². The molecule has 1 nitrogen and oxygen atoms in total. The fourth-order valence-electron chi connectivity index (χ4n) is 2.25. The van der Waals surface area contributed by atoms with E-state index in [1.54, 1.807) is 0 Å². The maximum Gasteiger partial charge on any atom is 0.101 e. The highest BCUT2D eigenvalue weighted by Crippen LogP contribution is 2.35. The lowest BCUT2D eigenvalue weighted by Crippen LogP contribution is -2.36. The lowest BCUT2D eigenvalue weighted by Gasteiger charge is -2.27. The van der Waals surface area contributed by atoms with Gasteiger partial charge in [0.15, 0.2) is 0 Å². The van der Waals surface area contributed by atoms with Gasteiger partial charge in [0.25, 0.3) is 0 Å². The van der Waals surface area contributed by atoms with Crippen LogP contribution in [-0.2, 0) is 0 Å². The molecular formula is C15H19BrN+. The molecule has 90 valence electrons. The predicted octanol–water partition coefficient (Wildman–Crippen LogP) is 3.74. The summed E-state index contributed by atoms with van der Waals surface area (Å²) in [5, 5.41) is 0. The molecule has 0 aromatic heterocycles. The van der Waals surface area contributed by atoms with E-state index in [-0.39, 0.29) is 0 Å². The summed E-state index contributed by atoms with van der Waals surface area (Å²) in [5.74, 6) is 0.433. The van der Waals surface area contributed by atoms with Crippen molar-refractivity contribution in [3.05, 3.63) is 58.1 Å². The van der Waals surface area contributed by atoms with Gasteiger partial charge in [0.2, 0.25) is 0 Å². The van der Waals surface area contributed by atoms with Crippen LogP contribution in [-0.4, -0.2) is 32.2 Å². The maximum atomic E-state index is 3.65. The van der Waals surface area contributed by atoms with E-state index in [4.69, 9.17) is 0 Å². The fourth-order valence-corrected chi connectivity index (χ4v) is 2.78. The highest BCUT2D eigenvalue weighted by molar-refractivity contribution is 9.10. The minimum Gasteiger partial charge on any atom is -0.327 e. The first-order valence-corrected chi connectivity index (χ1v) is 6.69. The summed E-state index contributed by atoms with van der Waals surface area (Å²) < 4.78 is 2.16. The number of quaternary nitrogens is 1. The second-order valence-corrected chi connectivity index (χ2v) is 6.43. The number of hydrogen-bond donors (Lipinski definition) is 0. The third-order valence-corrected chi connectivity index (χ3v) is 3.63. The number of rotatable bonds is 3. The fraction of sp³-hybridized carbons (Fsp3) is 0.333. The number of halogens is 1. The molecule has 17 heavy (non-hydrogen) atoms. The van der Waals surface area contributed by atoms with Crippen molar-refractivity contribution >= 4 is 15.9 Å². The minimum absolute atomic E-state index is 0.433. The molecule has 0 amide bonds. The smallest absolute Gasteiger partial charge is 0.101 e. The van der Waals surface area contributed by atoms with E-state index < -0.39 is 0 Å². The molecule has 0 N–H and O–H groups in total. The molecule has 1 aliphatic rings. The van der Waals surface area contributed by atoms with E-state index in [1.165, 1.54) is 15.6 Å². The van der Waals surface area contributed by atoms with Crippen molar-refractivity contribution in [2.24, 2.45) is 0 Å². The van der Waals surface area contributed by atoms with Crippen LogP contribution < -0.4 is 0 Å². The Bertz CT molecular complexity index is 466. The average Bonchev–Trinajstić information content (AvgIpc) is 2.64. The van der Waals surface area contributed by atoms with Gasteiger partial charge >= 0.3 is 0 Å². The first-order chi connectivity index (χ1) is 7.97. The first kappa shape index (κ1) is 12.6. The van der Waals surface area contributed by atoms with Crippen LogP contribution in [0, 0.1) is 0 Å². The van der Waals surface area contributed by atoms with Gasteiger partial charge in [0.1, 0.15) is 6.54 Å². The Hall–Kier alpha value is -0.860. The molecule has 1 aromatic carbocycles. The molecule has 0 saturated carbocycles. The second-order valence-electron chi connectivity index (χ2n) is 5.57. The third-order valence-electron chi connectivity index (χ3n) is 2.91. The van der Waals surface area contributed by atoms with Crippen LogP contribution in [0.15, 0.2) is 52.5 Å². The third kappa shape index (κ3) is 3.08. The molecule has 2 heteroatoms. The van der Waals surface area contributed by atoms with Crippen LogP contribution in [0.2, 0.25) is 0 Å². The summed E-state index contributed by atoms with van der Waals surface area (Å²) in [5.41, 5.74) is 2.85. The van der Waals surface area contributed by atoms with Crippen LogP contribution in [0.3, 0.4) is 0 Å². The largest absolute Gasteiger partial charge is 0.327 e. The predicted molar refractivity (Wildman–Crippen MR) is 77.0 cm³/mol. The van der Waals surface area contributed by atoms with E-state index in [1.807, 2.05) is 0 Å². The van der Waals surface area contributed by atoms with Gasteiger partial charge in [-0.1, -0.05) is 52.4 Å². The molecule has 1 atom stereocenters. The lowest BCUT2D eigenvalue weighted by atomic mass is 9.93. The molecule has 0 heterocycles. The SMILES string of the molecule is C[N+](C)(C)CC1=CC=CC1c1ccccc1Br. The minimum atomic E-state index is 0.433. The molecule has 0 radical (unpaired) electrons. The molecule has 0 spiro atoms. The van der Waals surface area contributed by atoms with Gasteiger partial charge in [0, 0.05) is 10.4 Å². The van der Waals surface area contributed by atoms with Crippen LogP contribution >= 0.6 is 15.9 Å². The zero-order valence-corrected chi connectivity index (χ0v) is 12.2. The van der Waals surface area contributed by atoms with Gasteiger partial charge < -0.3 is 4.48 Å². The van der Waals surface area contributed by atoms with Crippen molar-refractivity contribution in [2.45, 2.75) is 5.92 Å². The molecule has 0 aliphatic heterocycles. The van der Waals surface area contributed by atoms with E-state index in [9.17, 15) is 0 Å². The number of hydrogen-bond acceptors (Lipinski definition) is 0. The van der Waals surface area contributed by atoms with E-state index in [0.717, 1.165) is 11.0 Å². The Balaban J connectivity index is 2.26. The lowest BCUT2D eigenvalue weighted by molar-refractivity contribution is -0.865. The summed E-state index contributed by atoms with van der Waals surface area (Å²) in [6, 6.07) is 8.49. The molecule has 1 unspecified atom stereocenters. The van der Waals surface area contributed by atoms with Crippen molar-refractivity contribution in [3.63, 3.8) is 0 Å². The molecule has 0 fully saturated rings. The summed E-state index contributed by atoms with van der Waals surface area (Å²) >= 11 is 3.65. The number of benzene rings is 1. The molecule has 0 saturated heterocycles. The summed E-state index contributed by atoms with van der Waals surface area (Å²) in [7, 11) is 6.70. The van der Waals surface area contributed by atoms with Crippen molar-refractivity contribution in [3.8, 4) is 0 Å². The maximum absolute atomic E-state index is 3.65. The Morgan fingerprint density at radius 2 is 1.88 bits per heavy atom. The summed E-state index contributed by atoms with van der Waals surface area (Å²) in [6.45, 7) is 1.08. The topological polar surface area (TPSA) is 0 Å². The van der Waals surface area contributed by atoms with Crippen molar-refractivity contribution in [1.82, 2.24) is 0 Å². The Morgan fingerprint density at radius 1 is 1.18 bits per heavy atom. The molecule has 1 aliphatic carbocycles. The number of nitrogens with zero attached hydrogens (tertiary/aromatic N) is 1. The number of allylic oxidation sites excluding steroid dienone is 3. The average molecular weight is 293 g/mol. The van der Waals surface area contributed by atoms with Gasteiger partial charge in [-0.05, 0) is 17.2 Å². The summed E-state index contributed by atoms with van der Waals surface area (Å²) in [4.78, 5) is 0. The van der Waals surface area contributed by atoms with Gasteiger partial charge in [-0.15, -0.1) is 0 Å². The van der Waals surface area contributed by atoms with Crippen molar-refractivity contribution in [1.29, 1.82) is 0 Å². The van der Waals surface area contributed by atoms with Crippen LogP contribution in [0.1, 0.15) is 11.5 Å². The standard InChI is InChI=1S/C15H19BrN/c1-17(2,3)11-12-7-6-9-13(12)14-8-4-5-10-15(14)16/h4-10,13H,11H2,1-3H3/q+1. The molecule has 0 bridgehead atoms. The quantitative estimate of drug-likeness (QED) is 0.745. The Morgan fingerprint density at radius 3 is 2.53 bits per heavy atom. The van der Waals surface area contributed by atoms with Gasteiger partial charge in [-0.3, -0.25) is 0 Å². The van der Waals surface area contributed by atoms with E-state index >= 15 is 0 Å². The van der Waals surface area contributed by atoms with E-state index in [0.29, 0.717) is 5.92 Å². The Kier molecular flexibility index (Phi) is 3.55. The van der Waals surface area contributed by atoms with Crippen molar-refractivity contribution in [2.75, 3.05) is 27.7 Å². The van der Waals surface area contributed by atoms with E-state index in [2.05, 4.69) is 79.6 Å². The molecular weight excluding hydrogens is 274 g/mol. The molecule has 2 rings (SSSR count). The van der Waals surface area contributed by atoms with Gasteiger partial charge in [0.05, 0.1) is 21.1 Å². The first-order valence-electron chi connectivity index (χ1n) is 5.89. The van der Waals surface area contributed by atoms with Crippen molar-refractivity contribution < 1.29 is 4.48 Å². The van der Waals surface area contributed by atoms with Gasteiger partial charge in [-0.2, -0.15) is 0 Å². The summed E-state index contributed by atoms with van der Waals surface area (Å²) in [6.07, 6.45) is 6.72.